The first-order valence-electron chi connectivity index (χ1n) is 9.45. The first kappa shape index (κ1) is 22.8. The molecule has 4 rings (SSSR count). The Morgan fingerprint density at radius 3 is 2.48 bits per heavy atom. The van der Waals surface area contributed by atoms with Crippen LogP contribution >= 0.6 is 23.2 Å². The van der Waals surface area contributed by atoms with Crippen molar-refractivity contribution in [2.75, 3.05) is 0 Å². The van der Waals surface area contributed by atoms with E-state index in [1.165, 1.54) is 34.2 Å². The van der Waals surface area contributed by atoms with Crippen molar-refractivity contribution >= 4 is 34.7 Å². The summed E-state index contributed by atoms with van der Waals surface area (Å²) in [4.78, 5) is 3.94. The molecule has 0 N–H and O–H groups in total. The van der Waals surface area contributed by atoms with Crippen LogP contribution in [0.2, 0.25) is 10.0 Å². The standard InChI is InChI=1S/C21H15Cl2F3N6O/c1-13(32-12-27-11-28-32)20(18-7-4-15(22)8-19(18)23)33-10-16-9-31(30-29-16)17-5-2-14(3-6-17)21(24,25)26/h2-9,11-12H,10H2,1H3/b20-13-. The second kappa shape index (κ2) is 9.24. The van der Waals surface area contributed by atoms with Gasteiger partial charge in [0.05, 0.1) is 28.2 Å². The molecular formula is C21H15Cl2F3N6O. The Balaban J connectivity index is 1.58. The van der Waals surface area contributed by atoms with Crippen molar-refractivity contribution < 1.29 is 17.9 Å². The first-order chi connectivity index (χ1) is 15.7. The molecule has 0 aliphatic heterocycles. The molecule has 2 aromatic carbocycles. The molecule has 0 spiro atoms. The quantitative estimate of drug-likeness (QED) is 0.319. The molecule has 0 aliphatic carbocycles. The number of halogens is 5. The Hall–Kier alpha value is -3.37. The lowest BCUT2D eigenvalue weighted by Crippen LogP contribution is -2.05. The Morgan fingerprint density at radius 1 is 1.09 bits per heavy atom. The van der Waals surface area contributed by atoms with E-state index in [2.05, 4.69) is 20.4 Å². The second-order valence-corrected chi connectivity index (χ2v) is 7.71. The van der Waals surface area contributed by atoms with Gasteiger partial charge in [-0.05, 0) is 49.4 Å². The topological polar surface area (TPSA) is 70.7 Å². The molecule has 2 aromatic heterocycles. The number of nitrogens with zero attached hydrogens (tertiary/aromatic N) is 6. The van der Waals surface area contributed by atoms with Gasteiger partial charge in [-0.25, -0.2) is 14.3 Å². The summed E-state index contributed by atoms with van der Waals surface area (Å²) in [5, 5.41) is 13.0. The highest BCUT2D eigenvalue weighted by atomic mass is 35.5. The zero-order chi connectivity index (χ0) is 23.6. The summed E-state index contributed by atoms with van der Waals surface area (Å²) in [7, 11) is 0. The van der Waals surface area contributed by atoms with Gasteiger partial charge in [-0.1, -0.05) is 28.4 Å². The molecule has 12 heteroatoms. The van der Waals surface area contributed by atoms with Crippen molar-refractivity contribution in [3.8, 4) is 5.69 Å². The lowest BCUT2D eigenvalue weighted by atomic mass is 10.1. The van der Waals surface area contributed by atoms with Crippen molar-refractivity contribution in [3.05, 3.63) is 88.2 Å². The number of rotatable bonds is 6. The lowest BCUT2D eigenvalue weighted by molar-refractivity contribution is -0.137. The van der Waals surface area contributed by atoms with Crippen LogP contribution < -0.4 is 0 Å². The van der Waals surface area contributed by atoms with E-state index in [1.807, 2.05) is 0 Å². The van der Waals surface area contributed by atoms with Crippen LogP contribution in [0.15, 0.2) is 61.3 Å². The molecule has 170 valence electrons. The van der Waals surface area contributed by atoms with Crippen LogP contribution in [0.3, 0.4) is 0 Å². The van der Waals surface area contributed by atoms with E-state index in [1.54, 1.807) is 31.3 Å². The maximum Gasteiger partial charge on any atom is 0.416 e. The molecule has 0 aliphatic rings. The molecule has 0 saturated carbocycles. The fraction of sp³-hybridized carbons (Fsp3) is 0.143. The molecule has 0 bridgehead atoms. The number of allylic oxidation sites excluding steroid dienone is 1. The van der Waals surface area contributed by atoms with Crippen LogP contribution in [0.25, 0.3) is 17.1 Å². The van der Waals surface area contributed by atoms with Gasteiger partial charge in [0.15, 0.2) is 0 Å². The third-order valence-corrected chi connectivity index (χ3v) is 5.18. The molecule has 0 unspecified atom stereocenters. The Morgan fingerprint density at radius 2 is 1.85 bits per heavy atom. The summed E-state index contributed by atoms with van der Waals surface area (Å²) >= 11 is 12.4. The largest absolute Gasteiger partial charge is 0.485 e. The molecule has 0 fully saturated rings. The summed E-state index contributed by atoms with van der Waals surface area (Å²) in [5.74, 6) is 0.422. The monoisotopic (exact) mass is 494 g/mol. The normalized spacial score (nSPS) is 12.5. The van der Waals surface area contributed by atoms with Gasteiger partial charge >= 0.3 is 6.18 Å². The molecule has 7 nitrogen and oxygen atoms in total. The Kier molecular flexibility index (Phi) is 6.39. The van der Waals surface area contributed by atoms with Crippen LogP contribution in [0.1, 0.15) is 23.7 Å². The van der Waals surface area contributed by atoms with Gasteiger partial charge in [0, 0.05) is 10.6 Å². The third-order valence-electron chi connectivity index (χ3n) is 4.63. The average molecular weight is 495 g/mol. The molecule has 0 amide bonds. The number of hydrogen-bond acceptors (Lipinski definition) is 5. The van der Waals surface area contributed by atoms with E-state index in [9.17, 15) is 13.2 Å². The summed E-state index contributed by atoms with van der Waals surface area (Å²) < 4.78 is 47.3. The van der Waals surface area contributed by atoms with Crippen LogP contribution in [0.4, 0.5) is 13.2 Å². The third kappa shape index (κ3) is 5.18. The molecule has 0 atom stereocenters. The minimum absolute atomic E-state index is 0.0148. The first-order valence-corrected chi connectivity index (χ1v) is 10.2. The summed E-state index contributed by atoms with van der Waals surface area (Å²) in [6, 6.07) is 9.60. The maximum atomic E-state index is 12.8. The number of alkyl halides is 3. The smallest absolute Gasteiger partial charge is 0.416 e. The fourth-order valence-electron chi connectivity index (χ4n) is 2.98. The molecule has 0 radical (unpaired) electrons. The van der Waals surface area contributed by atoms with Gasteiger partial charge in [0.1, 0.15) is 30.7 Å². The number of aromatic nitrogens is 6. The van der Waals surface area contributed by atoms with Crippen LogP contribution in [-0.2, 0) is 17.5 Å². The minimum atomic E-state index is -4.41. The van der Waals surface area contributed by atoms with Gasteiger partial charge in [0.25, 0.3) is 0 Å². The predicted molar refractivity (Wildman–Crippen MR) is 116 cm³/mol. The Bertz CT molecular complexity index is 1280. The van der Waals surface area contributed by atoms with Crippen molar-refractivity contribution in [2.24, 2.45) is 0 Å². The number of benzene rings is 2. The average Bonchev–Trinajstić information content (AvgIpc) is 3.47. The van der Waals surface area contributed by atoms with Crippen molar-refractivity contribution in [1.82, 2.24) is 29.8 Å². The van der Waals surface area contributed by atoms with Gasteiger partial charge in [-0.3, -0.25) is 0 Å². The van der Waals surface area contributed by atoms with E-state index in [4.69, 9.17) is 27.9 Å². The predicted octanol–water partition coefficient (Wildman–Crippen LogP) is 5.75. The van der Waals surface area contributed by atoms with Gasteiger partial charge in [0.2, 0.25) is 0 Å². The maximum absolute atomic E-state index is 12.8. The summed E-state index contributed by atoms with van der Waals surface area (Å²) in [5.41, 5.74) is 1.34. The van der Waals surface area contributed by atoms with Crippen molar-refractivity contribution in [3.63, 3.8) is 0 Å². The van der Waals surface area contributed by atoms with E-state index in [0.717, 1.165) is 12.1 Å². The zero-order valence-corrected chi connectivity index (χ0v) is 18.5. The van der Waals surface area contributed by atoms with Crippen LogP contribution in [0, 0.1) is 0 Å². The van der Waals surface area contributed by atoms with Crippen molar-refractivity contribution in [2.45, 2.75) is 19.7 Å². The Labute approximate surface area is 196 Å². The lowest BCUT2D eigenvalue weighted by Gasteiger charge is -2.15. The highest BCUT2D eigenvalue weighted by Crippen LogP contribution is 2.32. The van der Waals surface area contributed by atoms with Gasteiger partial charge in [-0.2, -0.15) is 18.3 Å². The molecule has 0 saturated heterocycles. The van der Waals surface area contributed by atoms with E-state index < -0.39 is 11.7 Å². The second-order valence-electron chi connectivity index (χ2n) is 6.87. The van der Waals surface area contributed by atoms with Gasteiger partial charge in [-0.15, -0.1) is 5.10 Å². The molecular weight excluding hydrogens is 480 g/mol. The van der Waals surface area contributed by atoms with E-state index >= 15 is 0 Å². The highest BCUT2D eigenvalue weighted by molar-refractivity contribution is 6.35. The van der Waals surface area contributed by atoms with Crippen molar-refractivity contribution in [1.29, 1.82) is 0 Å². The summed E-state index contributed by atoms with van der Waals surface area (Å²) in [6.07, 6.45) is 0.0612. The summed E-state index contributed by atoms with van der Waals surface area (Å²) in [6.45, 7) is 1.80. The number of hydrogen-bond donors (Lipinski definition) is 0. The SMILES string of the molecule is C/C(=C(/OCc1cn(-c2ccc(C(F)(F)F)cc2)nn1)c1ccc(Cl)cc1Cl)n1cncn1. The highest BCUT2D eigenvalue weighted by Gasteiger charge is 2.30. The van der Waals surface area contributed by atoms with Crippen LogP contribution in [0.5, 0.6) is 0 Å². The van der Waals surface area contributed by atoms with E-state index in [0.29, 0.717) is 38.4 Å². The zero-order valence-electron chi connectivity index (χ0n) is 17.0. The fourth-order valence-corrected chi connectivity index (χ4v) is 3.47. The minimum Gasteiger partial charge on any atom is -0.485 e. The number of ether oxygens (including phenoxy) is 1. The van der Waals surface area contributed by atoms with Gasteiger partial charge < -0.3 is 4.74 Å². The molecule has 33 heavy (non-hydrogen) atoms. The van der Waals surface area contributed by atoms with E-state index in [-0.39, 0.29) is 6.61 Å². The molecule has 4 aromatic rings. The van der Waals surface area contributed by atoms with Crippen LogP contribution in [-0.4, -0.2) is 29.8 Å². The molecule has 2 heterocycles.